The van der Waals surface area contributed by atoms with Gasteiger partial charge in [0.1, 0.15) is 0 Å². The largest absolute Gasteiger partial charge is 0.342 e. The van der Waals surface area contributed by atoms with E-state index in [0.29, 0.717) is 11.2 Å². The van der Waals surface area contributed by atoms with Crippen molar-refractivity contribution in [2.45, 2.75) is 81.7 Å². The van der Waals surface area contributed by atoms with E-state index in [9.17, 15) is 4.79 Å². The molecule has 1 aliphatic carbocycles. The summed E-state index contributed by atoms with van der Waals surface area (Å²) in [5.74, 6) is 6.97. The van der Waals surface area contributed by atoms with Gasteiger partial charge in [0.2, 0.25) is 11.1 Å². The van der Waals surface area contributed by atoms with E-state index >= 15 is 0 Å². The molecule has 7 heteroatoms. The average Bonchev–Trinajstić information content (AvgIpc) is 2.87. The smallest absolute Gasteiger partial charge is 0.235 e. The molecule has 1 aliphatic rings. The first kappa shape index (κ1) is 18.1. The lowest BCUT2D eigenvalue weighted by molar-refractivity contribution is -0.131. The number of rotatable bonds is 4. The zero-order valence-electron chi connectivity index (χ0n) is 14.9. The molecule has 0 aliphatic heterocycles. The van der Waals surface area contributed by atoms with Crippen LogP contribution in [-0.4, -0.2) is 44.0 Å². The number of nitrogen functional groups attached to an aromatic ring is 1. The van der Waals surface area contributed by atoms with Gasteiger partial charge in [-0.3, -0.25) is 4.79 Å². The molecule has 0 saturated heterocycles. The fourth-order valence-corrected chi connectivity index (χ4v) is 3.88. The molecule has 2 rings (SSSR count). The fraction of sp³-hybridized carbons (Fsp3) is 0.812. The van der Waals surface area contributed by atoms with Gasteiger partial charge in [0.25, 0.3) is 0 Å². The van der Waals surface area contributed by atoms with Crippen LogP contribution in [0, 0.1) is 0 Å². The maximum Gasteiger partial charge on any atom is 0.235 e. The Balaban J connectivity index is 2.02. The van der Waals surface area contributed by atoms with E-state index in [1.165, 1.54) is 35.7 Å². The van der Waals surface area contributed by atoms with E-state index in [1.54, 1.807) is 0 Å². The summed E-state index contributed by atoms with van der Waals surface area (Å²) in [5, 5.41) is 8.70. The van der Waals surface area contributed by atoms with E-state index in [0.717, 1.165) is 18.7 Å². The van der Waals surface area contributed by atoms with Crippen molar-refractivity contribution in [2.75, 3.05) is 12.9 Å². The van der Waals surface area contributed by atoms with Gasteiger partial charge in [-0.2, -0.15) is 0 Å². The molecule has 1 unspecified atom stereocenters. The second-order valence-electron chi connectivity index (χ2n) is 7.43. The zero-order valence-corrected chi connectivity index (χ0v) is 15.7. The van der Waals surface area contributed by atoms with Crippen LogP contribution in [0.25, 0.3) is 0 Å². The molecule has 130 valence electrons. The fourth-order valence-electron chi connectivity index (χ4n) is 3.01. The number of carbonyl (C=O) groups is 1. The third-order valence-corrected chi connectivity index (χ3v) is 5.48. The normalized spacial score (nSPS) is 18.0. The average molecular weight is 340 g/mol. The van der Waals surface area contributed by atoms with Crippen LogP contribution in [0.3, 0.4) is 0 Å². The van der Waals surface area contributed by atoms with Gasteiger partial charge in [-0.1, -0.05) is 51.8 Å². The lowest BCUT2D eigenvalue weighted by Gasteiger charge is -2.32. The molecule has 23 heavy (non-hydrogen) atoms. The summed E-state index contributed by atoms with van der Waals surface area (Å²) < 4.78 is 1.51. The Kier molecular flexibility index (Phi) is 5.60. The van der Waals surface area contributed by atoms with Gasteiger partial charge in [-0.25, -0.2) is 4.68 Å². The van der Waals surface area contributed by atoms with Gasteiger partial charge in [0.05, 0.1) is 5.25 Å². The Hall–Kier alpha value is -1.24. The summed E-state index contributed by atoms with van der Waals surface area (Å²) in [6, 6.07) is 0.375. The van der Waals surface area contributed by atoms with Gasteiger partial charge in [-0.05, 0) is 19.8 Å². The number of hydrogen-bond acceptors (Lipinski definition) is 5. The number of carbonyl (C=O) groups excluding carboxylic acids is 1. The Labute approximate surface area is 143 Å². The van der Waals surface area contributed by atoms with Crippen molar-refractivity contribution in [1.82, 2.24) is 19.8 Å². The van der Waals surface area contributed by atoms with E-state index in [1.807, 2.05) is 39.6 Å². The third kappa shape index (κ3) is 4.19. The Morgan fingerprint density at radius 3 is 2.43 bits per heavy atom. The highest BCUT2D eigenvalue weighted by molar-refractivity contribution is 8.00. The van der Waals surface area contributed by atoms with Gasteiger partial charge < -0.3 is 10.7 Å². The van der Waals surface area contributed by atoms with Crippen LogP contribution in [0.5, 0.6) is 0 Å². The summed E-state index contributed by atoms with van der Waals surface area (Å²) in [5.41, 5.74) is -0.174. The summed E-state index contributed by atoms with van der Waals surface area (Å²) in [4.78, 5) is 14.6. The predicted molar refractivity (Wildman–Crippen MR) is 93.8 cm³/mol. The van der Waals surface area contributed by atoms with Crippen molar-refractivity contribution in [3.63, 3.8) is 0 Å². The third-order valence-electron chi connectivity index (χ3n) is 4.44. The quantitative estimate of drug-likeness (QED) is 0.674. The monoisotopic (exact) mass is 339 g/mol. The number of hydrogen-bond donors (Lipinski definition) is 1. The van der Waals surface area contributed by atoms with Gasteiger partial charge in [0, 0.05) is 18.5 Å². The molecule has 1 amide bonds. The molecular formula is C16H29N5OS. The second-order valence-corrected chi connectivity index (χ2v) is 8.74. The van der Waals surface area contributed by atoms with Gasteiger partial charge >= 0.3 is 0 Å². The minimum Gasteiger partial charge on any atom is -0.342 e. The van der Waals surface area contributed by atoms with Crippen LogP contribution in [0.2, 0.25) is 0 Å². The maximum absolute atomic E-state index is 12.7. The van der Waals surface area contributed by atoms with Crippen molar-refractivity contribution < 1.29 is 4.79 Å². The molecule has 0 spiro atoms. The Morgan fingerprint density at radius 1 is 1.30 bits per heavy atom. The first-order valence-corrected chi connectivity index (χ1v) is 9.24. The molecule has 1 fully saturated rings. The van der Waals surface area contributed by atoms with Gasteiger partial charge in [0.15, 0.2) is 5.82 Å². The molecule has 6 nitrogen and oxygen atoms in total. The van der Waals surface area contributed by atoms with Crippen LogP contribution in [0.4, 0.5) is 0 Å². The minimum atomic E-state index is -0.221. The summed E-state index contributed by atoms with van der Waals surface area (Å²) in [6.07, 6.45) is 5.95. The standard InChI is InChI=1S/C16H29N5OS/c1-11(13(22)20(5)12-9-7-6-8-10-12)23-15-19-18-14(21(15)17)16(2,3)4/h11-12H,6-10,17H2,1-5H3. The van der Waals surface area contributed by atoms with Crippen molar-refractivity contribution in [3.8, 4) is 0 Å². The van der Waals surface area contributed by atoms with Crippen molar-refractivity contribution >= 4 is 17.7 Å². The molecule has 1 aromatic rings. The SMILES string of the molecule is CC(Sc1nnc(C(C)(C)C)n1N)C(=O)N(C)C1CCCCC1. The Morgan fingerprint density at radius 2 is 1.91 bits per heavy atom. The molecule has 1 heterocycles. The number of amides is 1. The van der Waals surface area contributed by atoms with Crippen LogP contribution >= 0.6 is 11.8 Å². The maximum atomic E-state index is 12.7. The summed E-state index contributed by atoms with van der Waals surface area (Å²) in [7, 11) is 1.92. The lowest BCUT2D eigenvalue weighted by atomic mass is 9.94. The lowest BCUT2D eigenvalue weighted by Crippen LogP contribution is -2.42. The number of nitrogens with two attached hydrogens (primary N) is 1. The van der Waals surface area contributed by atoms with Crippen molar-refractivity contribution in [2.24, 2.45) is 0 Å². The molecule has 1 aromatic heterocycles. The number of thioether (sulfide) groups is 1. The summed E-state index contributed by atoms with van der Waals surface area (Å²) in [6.45, 7) is 8.04. The number of nitrogens with zero attached hydrogens (tertiary/aromatic N) is 4. The highest BCUT2D eigenvalue weighted by Crippen LogP contribution is 2.28. The molecule has 1 saturated carbocycles. The minimum absolute atomic E-state index is 0.141. The topological polar surface area (TPSA) is 77.0 Å². The molecule has 0 radical (unpaired) electrons. The second kappa shape index (κ2) is 7.11. The molecular weight excluding hydrogens is 310 g/mol. The first-order valence-electron chi connectivity index (χ1n) is 8.36. The first-order chi connectivity index (χ1) is 10.7. The predicted octanol–water partition coefficient (Wildman–Crippen LogP) is 2.56. The zero-order chi connectivity index (χ0) is 17.2. The van der Waals surface area contributed by atoms with E-state index in [4.69, 9.17) is 5.84 Å². The highest BCUT2D eigenvalue weighted by Gasteiger charge is 2.29. The van der Waals surface area contributed by atoms with Crippen molar-refractivity contribution in [1.29, 1.82) is 0 Å². The van der Waals surface area contributed by atoms with Crippen LogP contribution < -0.4 is 5.84 Å². The molecule has 2 N–H and O–H groups in total. The molecule has 0 bridgehead atoms. The van der Waals surface area contributed by atoms with Crippen molar-refractivity contribution in [3.05, 3.63) is 5.82 Å². The molecule has 1 atom stereocenters. The van der Waals surface area contributed by atoms with Crippen LogP contribution in [0.15, 0.2) is 5.16 Å². The Bertz CT molecular complexity index is 545. The van der Waals surface area contributed by atoms with Gasteiger partial charge in [-0.15, -0.1) is 10.2 Å². The summed E-state index contributed by atoms with van der Waals surface area (Å²) >= 11 is 1.38. The van der Waals surface area contributed by atoms with E-state index in [-0.39, 0.29) is 16.6 Å². The number of aromatic nitrogens is 3. The van der Waals surface area contributed by atoms with Crippen LogP contribution in [0.1, 0.15) is 65.6 Å². The van der Waals surface area contributed by atoms with E-state index < -0.39 is 0 Å². The highest BCUT2D eigenvalue weighted by atomic mass is 32.2. The van der Waals surface area contributed by atoms with Crippen LogP contribution in [-0.2, 0) is 10.2 Å². The molecule has 0 aromatic carbocycles. The van der Waals surface area contributed by atoms with E-state index in [2.05, 4.69) is 10.2 Å².